The predicted molar refractivity (Wildman–Crippen MR) is 140 cm³/mol. The summed E-state index contributed by atoms with van der Waals surface area (Å²) in [6.45, 7) is 0.395. The molecule has 1 heterocycles. The number of nitrogens with zero attached hydrogens (tertiary/aromatic N) is 2. The summed E-state index contributed by atoms with van der Waals surface area (Å²) in [7, 11) is 3.20. The van der Waals surface area contributed by atoms with E-state index in [0.29, 0.717) is 33.9 Å². The number of carbonyl (C=O) groups is 2. The number of aromatic carboxylic acids is 1. The molecule has 7 nitrogen and oxygen atoms in total. The van der Waals surface area contributed by atoms with Gasteiger partial charge in [0, 0.05) is 11.5 Å². The number of carboxylic acids is 1. The van der Waals surface area contributed by atoms with Gasteiger partial charge in [-0.25, -0.2) is 9.79 Å². The van der Waals surface area contributed by atoms with Gasteiger partial charge in [-0.15, -0.1) is 0 Å². The van der Waals surface area contributed by atoms with Crippen LogP contribution in [0.5, 0.6) is 11.5 Å². The third-order valence-corrected chi connectivity index (χ3v) is 6.70. The third-order valence-electron chi connectivity index (χ3n) is 5.11. The summed E-state index contributed by atoms with van der Waals surface area (Å²) in [5.41, 5.74) is 2.39. The molecule has 0 unspecified atom stereocenters. The zero-order valence-electron chi connectivity index (χ0n) is 18.9. The predicted octanol–water partition coefficient (Wildman–Crippen LogP) is 5.97. The van der Waals surface area contributed by atoms with Crippen LogP contribution in [0, 0.1) is 0 Å². The molecule has 178 valence electrons. The molecule has 35 heavy (non-hydrogen) atoms. The molecule has 0 atom stereocenters. The van der Waals surface area contributed by atoms with Crippen LogP contribution in [0.3, 0.4) is 0 Å². The molecule has 1 saturated heterocycles. The number of benzene rings is 3. The van der Waals surface area contributed by atoms with Gasteiger partial charge in [0.05, 0.1) is 23.3 Å². The summed E-state index contributed by atoms with van der Waals surface area (Å²) in [6.07, 6.45) is 1.76. The molecule has 1 N–H and O–H groups in total. The van der Waals surface area contributed by atoms with Crippen molar-refractivity contribution in [3.8, 4) is 11.5 Å². The lowest BCUT2D eigenvalue weighted by Gasteiger charge is -2.11. The number of aliphatic imine (C=N–C) groups is 1. The molecule has 0 bridgehead atoms. The Kier molecular flexibility index (Phi) is 7.57. The van der Waals surface area contributed by atoms with E-state index in [1.54, 1.807) is 32.4 Å². The number of ether oxygens (including phenoxy) is 2. The molecule has 1 aliphatic heterocycles. The fourth-order valence-electron chi connectivity index (χ4n) is 3.26. The molecular weight excluding hydrogens is 532 g/mol. The third kappa shape index (κ3) is 5.93. The summed E-state index contributed by atoms with van der Waals surface area (Å²) in [4.78, 5) is 30.4. The van der Waals surface area contributed by atoms with Crippen LogP contribution < -0.4 is 9.47 Å². The quantitative estimate of drug-likeness (QED) is 0.363. The Morgan fingerprint density at radius 3 is 2.60 bits per heavy atom. The van der Waals surface area contributed by atoms with Gasteiger partial charge in [-0.1, -0.05) is 40.2 Å². The molecule has 0 radical (unpaired) electrons. The molecule has 3 aromatic carbocycles. The number of hydrogen-bond acceptors (Lipinski definition) is 6. The summed E-state index contributed by atoms with van der Waals surface area (Å²) in [6, 6.07) is 19.6. The number of amidine groups is 1. The SMILES string of the molecule is COc1cc(/C=C2\SC(=Nc3cccc(C(=O)O)c3)N(C)C2=O)ccc1OCc1ccc(Br)cc1. The highest BCUT2D eigenvalue weighted by Gasteiger charge is 2.30. The highest BCUT2D eigenvalue weighted by atomic mass is 79.9. The lowest BCUT2D eigenvalue weighted by atomic mass is 10.2. The monoisotopic (exact) mass is 552 g/mol. The van der Waals surface area contributed by atoms with Crippen LogP contribution in [0.1, 0.15) is 21.5 Å². The summed E-state index contributed by atoms with van der Waals surface area (Å²) < 4.78 is 12.4. The van der Waals surface area contributed by atoms with E-state index >= 15 is 0 Å². The van der Waals surface area contributed by atoms with Crippen molar-refractivity contribution in [3.63, 3.8) is 0 Å². The van der Waals surface area contributed by atoms with E-state index < -0.39 is 5.97 Å². The van der Waals surface area contributed by atoms with Crippen LogP contribution >= 0.6 is 27.7 Å². The zero-order valence-corrected chi connectivity index (χ0v) is 21.3. The molecule has 0 saturated carbocycles. The maximum absolute atomic E-state index is 12.8. The van der Waals surface area contributed by atoms with Crippen LogP contribution in [0.2, 0.25) is 0 Å². The maximum Gasteiger partial charge on any atom is 0.335 e. The molecule has 0 aromatic heterocycles. The van der Waals surface area contributed by atoms with E-state index in [0.717, 1.165) is 15.6 Å². The number of rotatable bonds is 7. The first-order chi connectivity index (χ1) is 16.8. The standard InChI is InChI=1S/C26H21BrN2O5S/c1-29-24(30)23(35-26(29)28-20-5-3-4-18(14-20)25(31)32)13-17-8-11-21(22(12-17)33-2)34-15-16-6-9-19(27)10-7-16/h3-14H,15H2,1-2H3,(H,31,32)/b23-13-,28-26?. The highest BCUT2D eigenvalue weighted by Crippen LogP contribution is 2.35. The Labute approximate surface area is 215 Å². The van der Waals surface area contributed by atoms with Crippen molar-refractivity contribution in [3.05, 3.63) is 92.8 Å². The van der Waals surface area contributed by atoms with Crippen molar-refractivity contribution in [2.75, 3.05) is 14.2 Å². The minimum Gasteiger partial charge on any atom is -0.493 e. The summed E-state index contributed by atoms with van der Waals surface area (Å²) >= 11 is 4.64. The van der Waals surface area contributed by atoms with E-state index in [1.165, 1.54) is 28.8 Å². The van der Waals surface area contributed by atoms with Gasteiger partial charge in [-0.05, 0) is 71.4 Å². The minimum absolute atomic E-state index is 0.133. The van der Waals surface area contributed by atoms with Crippen molar-refractivity contribution in [2.45, 2.75) is 6.61 Å². The first-order valence-electron chi connectivity index (χ1n) is 10.5. The lowest BCUT2D eigenvalue weighted by molar-refractivity contribution is -0.121. The van der Waals surface area contributed by atoms with Gasteiger partial charge >= 0.3 is 5.97 Å². The van der Waals surface area contributed by atoms with Crippen LogP contribution in [0.4, 0.5) is 5.69 Å². The van der Waals surface area contributed by atoms with Gasteiger partial charge in [-0.2, -0.15) is 0 Å². The van der Waals surface area contributed by atoms with Gasteiger partial charge in [0.1, 0.15) is 6.61 Å². The molecule has 9 heteroatoms. The normalized spacial score (nSPS) is 15.6. The smallest absolute Gasteiger partial charge is 0.335 e. The second kappa shape index (κ2) is 10.8. The first kappa shape index (κ1) is 24.6. The number of hydrogen-bond donors (Lipinski definition) is 1. The Hall–Kier alpha value is -3.56. The van der Waals surface area contributed by atoms with Gasteiger partial charge < -0.3 is 14.6 Å². The molecule has 3 aromatic rings. The van der Waals surface area contributed by atoms with Crippen molar-refractivity contribution < 1.29 is 24.2 Å². The van der Waals surface area contributed by atoms with E-state index in [-0.39, 0.29) is 11.5 Å². The Bertz CT molecular complexity index is 1340. The maximum atomic E-state index is 12.8. The lowest BCUT2D eigenvalue weighted by Crippen LogP contribution is -2.23. The average Bonchev–Trinajstić information content (AvgIpc) is 3.11. The second-order valence-corrected chi connectivity index (χ2v) is 9.47. The van der Waals surface area contributed by atoms with Crippen LogP contribution in [-0.2, 0) is 11.4 Å². The first-order valence-corrected chi connectivity index (χ1v) is 12.1. The fourth-order valence-corrected chi connectivity index (χ4v) is 4.51. The van der Waals surface area contributed by atoms with Crippen LogP contribution in [0.25, 0.3) is 6.08 Å². The Morgan fingerprint density at radius 2 is 1.89 bits per heavy atom. The second-order valence-electron chi connectivity index (χ2n) is 7.55. The molecule has 1 fully saturated rings. The van der Waals surface area contributed by atoms with Crippen LogP contribution in [-0.4, -0.2) is 41.2 Å². The van der Waals surface area contributed by atoms with E-state index in [4.69, 9.17) is 9.47 Å². The number of methoxy groups -OCH3 is 1. The van der Waals surface area contributed by atoms with E-state index in [9.17, 15) is 14.7 Å². The topological polar surface area (TPSA) is 88.4 Å². The number of carbonyl (C=O) groups excluding carboxylic acids is 1. The molecular formula is C26H21BrN2O5S. The number of halogens is 1. The fraction of sp³-hybridized carbons (Fsp3) is 0.115. The van der Waals surface area contributed by atoms with Gasteiger partial charge in [0.2, 0.25) is 0 Å². The number of thioether (sulfide) groups is 1. The molecule has 1 aliphatic rings. The van der Waals surface area contributed by atoms with Crippen LogP contribution in [0.15, 0.2) is 81.1 Å². The largest absolute Gasteiger partial charge is 0.493 e. The van der Waals surface area contributed by atoms with Crippen molar-refractivity contribution in [1.82, 2.24) is 4.90 Å². The van der Waals surface area contributed by atoms with Gasteiger partial charge in [-0.3, -0.25) is 9.69 Å². The molecule has 4 rings (SSSR count). The average molecular weight is 553 g/mol. The number of amides is 1. The Balaban J connectivity index is 1.52. The highest BCUT2D eigenvalue weighted by molar-refractivity contribution is 9.10. The van der Waals surface area contributed by atoms with Crippen molar-refractivity contribution >= 4 is 56.5 Å². The van der Waals surface area contributed by atoms with Gasteiger partial charge in [0.15, 0.2) is 16.7 Å². The van der Waals surface area contributed by atoms with E-state index in [1.807, 2.05) is 42.5 Å². The molecule has 0 aliphatic carbocycles. The minimum atomic E-state index is -1.03. The van der Waals surface area contributed by atoms with Crippen molar-refractivity contribution in [1.29, 1.82) is 0 Å². The van der Waals surface area contributed by atoms with Gasteiger partial charge in [0.25, 0.3) is 5.91 Å². The summed E-state index contributed by atoms with van der Waals surface area (Å²) in [5.74, 6) is -0.0766. The van der Waals surface area contributed by atoms with Crippen molar-refractivity contribution in [2.24, 2.45) is 4.99 Å². The van der Waals surface area contributed by atoms with E-state index in [2.05, 4.69) is 20.9 Å². The zero-order chi connectivity index (χ0) is 24.9. The Morgan fingerprint density at radius 1 is 1.11 bits per heavy atom. The number of carboxylic acid groups (broad SMARTS) is 1. The number of likely N-dealkylation sites (N-methyl/N-ethyl adjacent to an activating group) is 1. The molecule has 1 amide bonds. The summed E-state index contributed by atoms with van der Waals surface area (Å²) in [5, 5.41) is 9.65. The molecule has 0 spiro atoms.